The van der Waals surface area contributed by atoms with Crippen molar-refractivity contribution in [2.75, 3.05) is 13.1 Å². The van der Waals surface area contributed by atoms with Crippen LogP contribution in [0.5, 0.6) is 0 Å². The second-order valence-electron chi connectivity index (χ2n) is 9.79. The number of carbonyl (C=O) groups excluding carboxylic acids is 1. The lowest BCUT2D eigenvalue weighted by molar-refractivity contribution is 0.0947. The minimum absolute atomic E-state index is 0. The lowest BCUT2D eigenvalue weighted by Crippen LogP contribution is -2.37. The second kappa shape index (κ2) is 13.1. The summed E-state index contributed by atoms with van der Waals surface area (Å²) < 4.78 is 0. The van der Waals surface area contributed by atoms with Gasteiger partial charge in [0.25, 0.3) is 5.91 Å². The van der Waals surface area contributed by atoms with Gasteiger partial charge < -0.3 is 21.8 Å². The second-order valence-corrected chi connectivity index (χ2v) is 9.79. The number of benzene rings is 3. The number of amides is 1. The molecule has 7 heteroatoms. The van der Waals surface area contributed by atoms with E-state index in [1.54, 1.807) is 0 Å². The molecule has 1 aromatic heterocycles. The molecule has 4 aromatic rings. The normalized spacial score (nSPS) is 11.5. The maximum atomic E-state index is 13.4. The minimum atomic E-state index is -0.147. The van der Waals surface area contributed by atoms with Crippen LogP contribution in [0.1, 0.15) is 45.6 Å². The summed E-state index contributed by atoms with van der Waals surface area (Å²) in [7, 11) is 0. The lowest BCUT2D eigenvalue weighted by Gasteiger charge is -2.13. The molecule has 5 nitrogen and oxygen atoms in total. The van der Waals surface area contributed by atoms with Crippen LogP contribution in [0.25, 0.3) is 33.2 Å². The highest BCUT2D eigenvalue weighted by Gasteiger charge is 2.21. The number of aromatic nitrogens is 1. The van der Waals surface area contributed by atoms with Crippen molar-refractivity contribution >= 4 is 41.6 Å². The zero-order valence-electron chi connectivity index (χ0n) is 22.0. The van der Waals surface area contributed by atoms with E-state index in [1.165, 1.54) is 16.7 Å². The fourth-order valence-electron chi connectivity index (χ4n) is 4.90. The monoisotopic (exact) mass is 540 g/mol. The summed E-state index contributed by atoms with van der Waals surface area (Å²) in [5.74, 6) is -0.147. The average Bonchev–Trinajstić information content (AvgIpc) is 3.19. The summed E-state index contributed by atoms with van der Waals surface area (Å²) >= 11 is 0. The number of aryl methyl sites for hydroxylation is 4. The number of rotatable bonds is 8. The van der Waals surface area contributed by atoms with E-state index in [-0.39, 0.29) is 36.8 Å². The predicted molar refractivity (Wildman–Crippen MR) is 161 cm³/mol. The highest BCUT2D eigenvalue weighted by molar-refractivity contribution is 6.10. The van der Waals surface area contributed by atoms with E-state index in [0.717, 1.165) is 51.6 Å². The number of nitrogens with one attached hydrogen (secondary N) is 2. The third kappa shape index (κ3) is 7.14. The van der Waals surface area contributed by atoms with Crippen molar-refractivity contribution in [2.24, 2.45) is 11.5 Å². The highest BCUT2D eigenvalue weighted by Crippen LogP contribution is 2.36. The first kappa shape index (κ1) is 30.4. The molecule has 0 aliphatic rings. The van der Waals surface area contributed by atoms with Gasteiger partial charge in [-0.25, -0.2) is 0 Å². The van der Waals surface area contributed by atoms with E-state index in [9.17, 15) is 4.79 Å². The van der Waals surface area contributed by atoms with Gasteiger partial charge in [0.15, 0.2) is 0 Å². The molecular weight excluding hydrogens is 503 g/mol. The predicted octanol–water partition coefficient (Wildman–Crippen LogP) is 6.38. The molecule has 0 saturated carbocycles. The fourth-order valence-corrected chi connectivity index (χ4v) is 4.90. The molecule has 0 aliphatic heterocycles. The number of fused-ring (bicyclic) bond motifs is 1. The van der Waals surface area contributed by atoms with E-state index in [0.29, 0.717) is 18.8 Å². The van der Waals surface area contributed by atoms with Crippen molar-refractivity contribution in [3.8, 4) is 22.3 Å². The van der Waals surface area contributed by atoms with Crippen LogP contribution >= 0.6 is 24.8 Å². The molecule has 1 atom stereocenters. The van der Waals surface area contributed by atoms with Gasteiger partial charge in [-0.15, -0.1) is 24.8 Å². The van der Waals surface area contributed by atoms with E-state index >= 15 is 0 Å². The summed E-state index contributed by atoms with van der Waals surface area (Å²) in [6.07, 6.45) is 1.63. The highest BCUT2D eigenvalue weighted by atomic mass is 35.5. The van der Waals surface area contributed by atoms with Crippen LogP contribution in [0, 0.1) is 27.7 Å². The smallest absolute Gasteiger partial charge is 0.268 e. The molecule has 0 spiro atoms. The molecule has 4 rings (SSSR count). The molecule has 0 radical (unpaired) electrons. The summed E-state index contributed by atoms with van der Waals surface area (Å²) in [6, 6.07) is 19.3. The maximum absolute atomic E-state index is 13.4. The van der Waals surface area contributed by atoms with Crippen LogP contribution in [-0.2, 0) is 0 Å². The Bertz CT molecular complexity index is 1340. The molecule has 0 bridgehead atoms. The van der Waals surface area contributed by atoms with Gasteiger partial charge in [-0.2, -0.15) is 0 Å². The molecule has 3 aromatic carbocycles. The molecule has 37 heavy (non-hydrogen) atoms. The van der Waals surface area contributed by atoms with Crippen LogP contribution in [0.3, 0.4) is 0 Å². The van der Waals surface area contributed by atoms with Crippen LogP contribution in [0.2, 0.25) is 0 Å². The largest absolute Gasteiger partial charge is 0.350 e. The van der Waals surface area contributed by atoms with Crippen LogP contribution in [0.15, 0.2) is 54.6 Å². The Morgan fingerprint density at radius 2 is 1.41 bits per heavy atom. The Hall–Kier alpha value is -2.83. The van der Waals surface area contributed by atoms with E-state index < -0.39 is 0 Å². The van der Waals surface area contributed by atoms with Crippen LogP contribution in [-0.4, -0.2) is 30.0 Å². The topological polar surface area (TPSA) is 96.9 Å². The zero-order valence-corrected chi connectivity index (χ0v) is 23.6. The third-order valence-electron chi connectivity index (χ3n) is 6.39. The van der Waals surface area contributed by atoms with Gasteiger partial charge >= 0.3 is 0 Å². The molecule has 1 amide bonds. The third-order valence-corrected chi connectivity index (χ3v) is 6.39. The Labute approximate surface area is 232 Å². The van der Waals surface area contributed by atoms with Gasteiger partial charge in [-0.3, -0.25) is 4.79 Å². The number of halogens is 2. The summed E-state index contributed by atoms with van der Waals surface area (Å²) in [5, 5.41) is 4.06. The van der Waals surface area contributed by atoms with Crippen molar-refractivity contribution in [3.63, 3.8) is 0 Å². The van der Waals surface area contributed by atoms with Crippen molar-refractivity contribution in [2.45, 2.75) is 46.6 Å². The van der Waals surface area contributed by atoms with Gasteiger partial charge in [0.05, 0.1) is 0 Å². The van der Waals surface area contributed by atoms with Gasteiger partial charge in [-0.05, 0) is 75.9 Å². The van der Waals surface area contributed by atoms with E-state index in [1.807, 2.05) is 0 Å². The minimum Gasteiger partial charge on any atom is -0.350 e. The average molecular weight is 542 g/mol. The van der Waals surface area contributed by atoms with Crippen molar-refractivity contribution in [3.05, 3.63) is 82.5 Å². The van der Waals surface area contributed by atoms with E-state index in [4.69, 9.17) is 11.5 Å². The lowest BCUT2D eigenvalue weighted by atomic mass is 9.95. The zero-order chi connectivity index (χ0) is 25.1. The Balaban J connectivity index is 0.00000241. The molecule has 0 aliphatic carbocycles. The van der Waals surface area contributed by atoms with Gasteiger partial charge in [0.2, 0.25) is 0 Å². The molecule has 6 N–H and O–H groups in total. The first-order chi connectivity index (χ1) is 16.7. The first-order valence-corrected chi connectivity index (χ1v) is 12.3. The Morgan fingerprint density at radius 1 is 0.838 bits per heavy atom. The molecule has 198 valence electrons. The summed E-state index contributed by atoms with van der Waals surface area (Å²) in [4.78, 5) is 16.8. The number of nitrogens with two attached hydrogens (primary N) is 2. The summed E-state index contributed by atoms with van der Waals surface area (Å²) in [5.41, 5.74) is 22.3. The summed E-state index contributed by atoms with van der Waals surface area (Å²) in [6.45, 7) is 9.42. The Kier molecular flexibility index (Phi) is 10.8. The van der Waals surface area contributed by atoms with Crippen molar-refractivity contribution in [1.82, 2.24) is 10.3 Å². The molecule has 1 heterocycles. The van der Waals surface area contributed by atoms with Gasteiger partial charge in [0.1, 0.15) is 5.69 Å². The fraction of sp³-hybridized carbons (Fsp3) is 0.300. The van der Waals surface area contributed by atoms with Gasteiger partial charge in [-0.1, -0.05) is 64.7 Å². The van der Waals surface area contributed by atoms with Gasteiger partial charge in [0, 0.05) is 29.1 Å². The standard InChI is InChI=1S/C30H36N4O.2ClH/c1-18-10-19(2)13-23(12-18)22-7-8-27-26(16-22)28(24-14-20(3)11-21(4)15-24)29(34-27)30(35)33-17-25(32)6-5-9-31;;/h7-8,10-16,25,34H,5-6,9,17,31-32H2,1-4H3,(H,33,35);2*1H/t25-;;/m0../s1. The van der Waals surface area contributed by atoms with Crippen LogP contribution in [0.4, 0.5) is 0 Å². The first-order valence-electron chi connectivity index (χ1n) is 12.3. The number of aromatic amines is 1. The van der Waals surface area contributed by atoms with Crippen molar-refractivity contribution in [1.29, 1.82) is 0 Å². The van der Waals surface area contributed by atoms with E-state index in [2.05, 4.69) is 92.6 Å². The maximum Gasteiger partial charge on any atom is 0.268 e. The number of carbonyl (C=O) groups is 1. The molecule has 0 saturated heterocycles. The number of hydrogen-bond acceptors (Lipinski definition) is 3. The number of hydrogen-bond donors (Lipinski definition) is 4. The Morgan fingerprint density at radius 3 is 1.97 bits per heavy atom. The molecule has 0 unspecified atom stereocenters. The molecule has 0 fully saturated rings. The number of H-pyrrole nitrogens is 1. The quantitative estimate of drug-likeness (QED) is 0.209. The van der Waals surface area contributed by atoms with Crippen LogP contribution < -0.4 is 16.8 Å². The SMILES string of the molecule is Cc1cc(C)cc(-c2ccc3[nH]c(C(=O)NC[C@@H](N)CCCN)c(-c4cc(C)cc(C)c4)c3c2)c1.Cl.Cl. The molecular formula is C30H38Cl2N4O. The van der Waals surface area contributed by atoms with Crippen molar-refractivity contribution < 1.29 is 4.79 Å².